The van der Waals surface area contributed by atoms with Crippen molar-refractivity contribution in [2.45, 2.75) is 78.6 Å². The fraction of sp³-hybridized carbons (Fsp3) is 0.167. The van der Waals surface area contributed by atoms with Gasteiger partial charge in [0.15, 0.2) is 8.07 Å². The maximum Gasteiger partial charge on any atom is 2.00 e. The minimum Gasteiger partial charge on any atom is -0.509 e. The molecule has 0 spiro atoms. The van der Waals surface area contributed by atoms with E-state index in [1.54, 1.807) is 0 Å². The normalized spacial score (nSPS) is 13.6. The number of para-hydroxylation sites is 1. The number of rotatable bonds is 10. The molecule has 1 aliphatic rings. The summed E-state index contributed by atoms with van der Waals surface area (Å²) in [4.78, 5) is 5.05. The van der Waals surface area contributed by atoms with Crippen molar-refractivity contribution in [1.82, 2.24) is 18.7 Å². The average Bonchev–Trinajstić information content (AvgIpc) is 1.69. The molecule has 390 valence electrons. The molecule has 0 aliphatic carbocycles. The van der Waals surface area contributed by atoms with Crippen molar-refractivity contribution in [3.8, 4) is 28.4 Å². The molecule has 7 heteroatoms. The van der Waals surface area contributed by atoms with Gasteiger partial charge in [-0.2, -0.15) is 12.1 Å². The van der Waals surface area contributed by atoms with Gasteiger partial charge in [0, 0.05) is 41.4 Å². The fourth-order valence-corrected chi connectivity index (χ4v) is 15.8. The minimum atomic E-state index is -2.90. The summed E-state index contributed by atoms with van der Waals surface area (Å²) < 4.78 is 57.0. The van der Waals surface area contributed by atoms with E-state index in [9.17, 15) is 0 Å². The molecule has 0 saturated heterocycles. The van der Waals surface area contributed by atoms with Crippen molar-refractivity contribution in [1.29, 1.82) is 0 Å². The molecule has 0 N–H and O–H groups in total. The summed E-state index contributed by atoms with van der Waals surface area (Å²) >= 11 is 0. The average molecular weight is 1230 g/mol. The Morgan fingerprint density at radius 1 is 0.532 bits per heavy atom. The zero-order valence-corrected chi connectivity index (χ0v) is 49.3. The van der Waals surface area contributed by atoms with Crippen LogP contribution in [0.15, 0.2) is 224 Å². The zero-order chi connectivity index (χ0) is 58.3. The van der Waals surface area contributed by atoms with Gasteiger partial charge in [0.25, 0.3) is 5.69 Å². The van der Waals surface area contributed by atoms with Crippen LogP contribution < -0.4 is 34.6 Å². The summed E-state index contributed by atoms with van der Waals surface area (Å²) in [7, 11) is -2.90. The van der Waals surface area contributed by atoms with Crippen LogP contribution in [-0.4, -0.2) is 23.6 Å². The van der Waals surface area contributed by atoms with E-state index in [0.29, 0.717) is 34.1 Å². The Hall–Kier alpha value is -7.98. The Bertz CT molecular complexity index is 4300. The molecule has 1 aliphatic heterocycles. The van der Waals surface area contributed by atoms with E-state index in [-0.39, 0.29) is 55.0 Å². The smallest absolute Gasteiger partial charge is 0.509 e. The number of hydrogen-bond acceptors (Lipinski definition) is 2. The maximum absolute atomic E-state index is 9.14. The molecule has 0 bridgehead atoms. The molecule has 3 heterocycles. The molecular weight excluding hydrogens is 1160 g/mol. The molecule has 2 aromatic heterocycles. The zero-order valence-electron chi connectivity index (χ0n) is 51.0. The van der Waals surface area contributed by atoms with E-state index in [0.717, 1.165) is 50.0 Å². The van der Waals surface area contributed by atoms with E-state index >= 15 is 0 Å². The van der Waals surface area contributed by atoms with Crippen LogP contribution in [0.3, 0.4) is 0 Å². The Morgan fingerprint density at radius 2 is 1.13 bits per heavy atom. The van der Waals surface area contributed by atoms with E-state index < -0.39 is 26.2 Å². The molecule has 0 fully saturated rings. The van der Waals surface area contributed by atoms with Crippen LogP contribution in [0, 0.1) is 12.1 Å². The van der Waals surface area contributed by atoms with Gasteiger partial charge in [-0.3, -0.25) is 0 Å². The van der Waals surface area contributed by atoms with Gasteiger partial charge in [-0.25, -0.2) is 4.98 Å². The Kier molecular flexibility index (Phi) is 12.3. The second kappa shape index (κ2) is 20.7. The summed E-state index contributed by atoms with van der Waals surface area (Å²) in [6.45, 7) is 19.8. The standard InChI is InChI=1S/C72H64N4OSi.Pt/c1-70(2,3)51-40-41-73-68(45-51)76-65-39-37-61(78(58-28-16-11-17-29-58,59-30-18-12-19-31-59)60-32-20-13-21-33-60)48-64(65)63-38-36-57(47-67(63)76)77-56-27-22-26-54(46-56)74-49-75(55-43-52(71(4,5)6)42-53(44-55)72(7,8)9)69-62(34-23-35-66(69)74)50-24-14-10-15-25-50;/h10-45,48H,1-9H3;/q;+2/i10D,14D,15D,24D,25D;. The third-order valence-corrected chi connectivity index (χ3v) is 19.9. The first-order chi connectivity index (χ1) is 39.6. The molecule has 0 amide bonds. The predicted molar refractivity (Wildman–Crippen MR) is 329 cm³/mol. The Labute approximate surface area is 488 Å². The number of ether oxygens (including phenoxy) is 1. The van der Waals surface area contributed by atoms with E-state index in [1.807, 2.05) is 57.8 Å². The van der Waals surface area contributed by atoms with Gasteiger partial charge in [-0.05, 0) is 93.5 Å². The van der Waals surface area contributed by atoms with Crippen molar-refractivity contribution in [2.24, 2.45) is 0 Å². The summed E-state index contributed by atoms with van der Waals surface area (Å²) in [6, 6.07) is 75.4. The van der Waals surface area contributed by atoms with Gasteiger partial charge in [-0.1, -0.05) is 230 Å². The first kappa shape index (κ1) is 47.1. The fourth-order valence-electron chi connectivity index (χ4n) is 11.0. The van der Waals surface area contributed by atoms with Crippen molar-refractivity contribution < 1.29 is 32.7 Å². The van der Waals surface area contributed by atoms with Gasteiger partial charge in [-0.15, -0.1) is 23.6 Å². The molecular formula is C72H64N4OPtSi+2. The number of pyridine rings is 1. The number of benzene rings is 9. The number of hydrogen-bond donors (Lipinski definition) is 0. The summed E-state index contributed by atoms with van der Waals surface area (Å²) in [5.74, 6) is 1.70. The topological polar surface area (TPSA) is 33.1 Å². The van der Waals surface area contributed by atoms with E-state index in [1.165, 1.54) is 20.7 Å². The molecule has 0 unspecified atom stereocenters. The molecule has 12 rings (SSSR count). The van der Waals surface area contributed by atoms with E-state index in [2.05, 4.69) is 231 Å². The van der Waals surface area contributed by atoms with Crippen LogP contribution in [0.5, 0.6) is 11.5 Å². The van der Waals surface area contributed by atoms with Crippen molar-refractivity contribution >= 4 is 79.4 Å². The summed E-state index contributed by atoms with van der Waals surface area (Å²) in [5, 5.41) is 7.21. The largest absolute Gasteiger partial charge is 2.00 e. The molecule has 11 aromatic rings. The Balaban J connectivity index is 0.00000736. The van der Waals surface area contributed by atoms with Crippen molar-refractivity contribution in [2.75, 3.05) is 0 Å². The third kappa shape index (κ3) is 9.78. The third-order valence-electron chi connectivity index (χ3n) is 15.1. The quantitative estimate of drug-likeness (QED) is 0.0592. The van der Waals surface area contributed by atoms with Gasteiger partial charge in [0.1, 0.15) is 11.5 Å². The van der Waals surface area contributed by atoms with Gasteiger partial charge in [0.05, 0.1) is 12.4 Å². The van der Waals surface area contributed by atoms with Crippen LogP contribution in [0.2, 0.25) is 0 Å². The maximum atomic E-state index is 9.14. The predicted octanol–water partition coefficient (Wildman–Crippen LogP) is 15.4. The van der Waals surface area contributed by atoms with Crippen LogP contribution >= 0.6 is 0 Å². The van der Waals surface area contributed by atoms with Crippen molar-refractivity contribution in [3.63, 3.8) is 0 Å². The molecule has 79 heavy (non-hydrogen) atoms. The van der Waals surface area contributed by atoms with Crippen LogP contribution in [0.4, 0.5) is 22.7 Å². The van der Waals surface area contributed by atoms with Gasteiger partial charge < -0.3 is 9.30 Å². The first-order valence-electron chi connectivity index (χ1n) is 29.2. The van der Waals surface area contributed by atoms with Crippen molar-refractivity contribution in [3.05, 3.63) is 253 Å². The number of aromatic nitrogens is 2. The summed E-state index contributed by atoms with van der Waals surface area (Å²) in [5.41, 5.74) is 7.96. The van der Waals surface area contributed by atoms with Crippen LogP contribution in [0.25, 0.3) is 38.8 Å². The molecule has 0 saturated carbocycles. The van der Waals surface area contributed by atoms with Gasteiger partial charge >= 0.3 is 32.8 Å². The van der Waals surface area contributed by atoms with Crippen LogP contribution in [0.1, 0.15) is 85.9 Å². The van der Waals surface area contributed by atoms with E-state index in [4.69, 9.17) is 16.6 Å². The summed E-state index contributed by atoms with van der Waals surface area (Å²) in [6.07, 6.45) is 1.89. The monoisotopic (exact) mass is 1230 g/mol. The van der Waals surface area contributed by atoms with Gasteiger partial charge in [0.2, 0.25) is 5.69 Å². The second-order valence-electron chi connectivity index (χ2n) is 23.4. The minimum absolute atomic E-state index is 0. The Morgan fingerprint density at radius 3 is 1.73 bits per heavy atom. The second-order valence-corrected chi connectivity index (χ2v) is 27.2. The molecule has 0 atom stereocenters. The number of fused-ring (bicyclic) bond motifs is 4. The first-order valence-corrected chi connectivity index (χ1v) is 28.7. The van der Waals surface area contributed by atoms with Crippen LogP contribution in [-0.2, 0) is 37.3 Å². The molecule has 0 radical (unpaired) electrons. The number of nitrogens with zero attached hydrogens (tertiary/aromatic N) is 4. The SMILES string of the molecule is [2H]c1c([2H])c([2H])c(-c2cccc3c2[N+](c2cc(C(C)(C)C)cc(C(C)(C)C)c2)=C=[N+]3c2[c-]c(Oc3[c-]c4c(cc3)c3cc([Si](c5ccccc5)(c5ccccc5)c5ccccc5)ccc3n4-c3cc(C(C)(C)C)ccn3)ccc2)c([2H])c1[2H].[Pt+2]. The molecule has 5 nitrogen and oxygen atoms in total. The molecule has 9 aromatic carbocycles.